The third kappa shape index (κ3) is 2.79. The molecule has 1 amide bonds. The topological polar surface area (TPSA) is 71.3 Å². The standard InChI is InChI=1S/C22H24N4O2/c1-13-5-6-19-16(10-13)14(2)20(28-19)22(27)26-9-3-4-18(26)21-24-12-15-11-23-8-7-17(15)25-21/h5-6,10,12,18,23H,3-4,7-9,11H2,1-2H3. The van der Waals surface area contributed by atoms with E-state index in [-0.39, 0.29) is 11.9 Å². The number of rotatable bonds is 2. The van der Waals surface area contributed by atoms with E-state index < -0.39 is 0 Å². The third-order valence-corrected chi connectivity index (χ3v) is 5.92. The molecule has 1 atom stereocenters. The molecule has 3 aromatic rings. The number of carbonyl (C=O) groups excluding carboxylic acids is 1. The number of likely N-dealkylation sites (tertiary alicyclic amines) is 1. The molecule has 6 heteroatoms. The molecule has 0 radical (unpaired) electrons. The van der Waals surface area contributed by atoms with Gasteiger partial charge in [-0.2, -0.15) is 0 Å². The highest BCUT2D eigenvalue weighted by atomic mass is 16.3. The van der Waals surface area contributed by atoms with Gasteiger partial charge < -0.3 is 14.6 Å². The van der Waals surface area contributed by atoms with Gasteiger partial charge >= 0.3 is 0 Å². The fourth-order valence-corrected chi connectivity index (χ4v) is 4.36. The van der Waals surface area contributed by atoms with E-state index in [1.807, 2.05) is 37.1 Å². The van der Waals surface area contributed by atoms with E-state index in [4.69, 9.17) is 9.40 Å². The minimum Gasteiger partial charge on any atom is -0.451 e. The fourth-order valence-electron chi connectivity index (χ4n) is 4.36. The molecular formula is C22H24N4O2. The van der Waals surface area contributed by atoms with Gasteiger partial charge in [0.25, 0.3) is 5.91 Å². The van der Waals surface area contributed by atoms with Gasteiger partial charge in [-0.25, -0.2) is 9.97 Å². The number of hydrogen-bond donors (Lipinski definition) is 1. The van der Waals surface area contributed by atoms with Gasteiger partial charge in [-0.1, -0.05) is 11.6 Å². The number of nitrogens with one attached hydrogen (secondary N) is 1. The van der Waals surface area contributed by atoms with E-state index in [2.05, 4.69) is 16.4 Å². The minimum absolute atomic E-state index is 0.0585. The van der Waals surface area contributed by atoms with Gasteiger partial charge in [0, 0.05) is 54.5 Å². The first-order valence-electron chi connectivity index (χ1n) is 9.98. The fraction of sp³-hybridized carbons (Fsp3) is 0.409. The van der Waals surface area contributed by atoms with Crippen molar-refractivity contribution in [3.63, 3.8) is 0 Å². The van der Waals surface area contributed by atoms with E-state index in [9.17, 15) is 4.79 Å². The number of benzene rings is 1. The summed E-state index contributed by atoms with van der Waals surface area (Å²) in [6.45, 7) is 6.48. The zero-order chi connectivity index (χ0) is 19.3. The predicted molar refractivity (Wildman–Crippen MR) is 106 cm³/mol. The van der Waals surface area contributed by atoms with Crippen molar-refractivity contribution in [1.29, 1.82) is 0 Å². The molecule has 6 nitrogen and oxygen atoms in total. The summed E-state index contributed by atoms with van der Waals surface area (Å²) in [6, 6.07) is 5.94. The van der Waals surface area contributed by atoms with Crippen LogP contribution in [0.4, 0.5) is 0 Å². The number of amides is 1. The molecule has 0 saturated carbocycles. The van der Waals surface area contributed by atoms with E-state index >= 15 is 0 Å². The second-order valence-electron chi connectivity index (χ2n) is 7.84. The molecule has 4 heterocycles. The molecule has 28 heavy (non-hydrogen) atoms. The van der Waals surface area contributed by atoms with Gasteiger partial charge in [-0.3, -0.25) is 4.79 Å². The lowest BCUT2D eigenvalue weighted by Gasteiger charge is -2.24. The first-order valence-corrected chi connectivity index (χ1v) is 9.98. The molecular weight excluding hydrogens is 352 g/mol. The van der Waals surface area contributed by atoms with Crippen LogP contribution in [0, 0.1) is 13.8 Å². The van der Waals surface area contributed by atoms with Crippen molar-refractivity contribution in [2.24, 2.45) is 0 Å². The van der Waals surface area contributed by atoms with E-state index in [1.54, 1.807) is 0 Å². The van der Waals surface area contributed by atoms with E-state index in [0.717, 1.165) is 71.5 Å². The van der Waals surface area contributed by atoms with Crippen LogP contribution < -0.4 is 5.32 Å². The van der Waals surface area contributed by atoms with Crippen LogP contribution in [0.5, 0.6) is 0 Å². The number of fused-ring (bicyclic) bond motifs is 2. The lowest BCUT2D eigenvalue weighted by molar-refractivity contribution is 0.0698. The lowest BCUT2D eigenvalue weighted by Crippen LogP contribution is -2.32. The summed E-state index contributed by atoms with van der Waals surface area (Å²) in [6.07, 6.45) is 4.67. The Labute approximate surface area is 164 Å². The normalized spacial score (nSPS) is 19.2. The van der Waals surface area contributed by atoms with Crippen molar-refractivity contribution in [3.8, 4) is 0 Å². The van der Waals surface area contributed by atoms with Gasteiger partial charge in [0.15, 0.2) is 11.6 Å². The number of carbonyl (C=O) groups is 1. The van der Waals surface area contributed by atoms with Gasteiger partial charge in [0.2, 0.25) is 0 Å². The monoisotopic (exact) mass is 376 g/mol. The predicted octanol–water partition coefficient (Wildman–Crippen LogP) is 3.46. The second kappa shape index (κ2) is 6.71. The molecule has 2 aliphatic heterocycles. The molecule has 2 aliphatic rings. The summed E-state index contributed by atoms with van der Waals surface area (Å²) >= 11 is 0. The summed E-state index contributed by atoms with van der Waals surface area (Å²) in [5, 5.41) is 4.36. The van der Waals surface area contributed by atoms with Gasteiger partial charge in [0.1, 0.15) is 5.58 Å². The average Bonchev–Trinajstić information content (AvgIpc) is 3.32. The van der Waals surface area contributed by atoms with Crippen molar-refractivity contribution in [2.45, 2.75) is 45.7 Å². The molecule has 1 aromatic carbocycles. The summed E-state index contributed by atoms with van der Waals surface area (Å²) in [5.41, 5.74) is 5.10. The third-order valence-electron chi connectivity index (χ3n) is 5.92. The second-order valence-corrected chi connectivity index (χ2v) is 7.84. The van der Waals surface area contributed by atoms with E-state index in [1.165, 1.54) is 0 Å². The van der Waals surface area contributed by atoms with Crippen LogP contribution in [0.2, 0.25) is 0 Å². The average molecular weight is 376 g/mol. The van der Waals surface area contributed by atoms with Crippen LogP contribution in [0.1, 0.15) is 57.6 Å². The zero-order valence-corrected chi connectivity index (χ0v) is 16.3. The maximum atomic E-state index is 13.4. The maximum absolute atomic E-state index is 13.4. The summed E-state index contributed by atoms with van der Waals surface area (Å²) in [4.78, 5) is 24.7. The highest BCUT2D eigenvalue weighted by molar-refractivity contribution is 5.99. The molecule has 0 bridgehead atoms. The Hall–Kier alpha value is -2.73. The molecule has 1 fully saturated rings. The number of aryl methyl sites for hydroxylation is 2. The number of hydrogen-bond acceptors (Lipinski definition) is 5. The molecule has 1 unspecified atom stereocenters. The first kappa shape index (κ1) is 17.4. The van der Waals surface area contributed by atoms with Crippen molar-refractivity contribution >= 4 is 16.9 Å². The molecule has 5 rings (SSSR count). The summed E-state index contributed by atoms with van der Waals surface area (Å²) in [5.74, 6) is 1.14. The van der Waals surface area contributed by atoms with Gasteiger partial charge in [-0.15, -0.1) is 0 Å². The molecule has 0 aliphatic carbocycles. The van der Waals surface area contributed by atoms with Crippen molar-refractivity contribution in [3.05, 3.63) is 58.4 Å². The van der Waals surface area contributed by atoms with Crippen LogP contribution in [-0.2, 0) is 13.0 Å². The summed E-state index contributed by atoms with van der Waals surface area (Å²) in [7, 11) is 0. The minimum atomic E-state index is -0.0814. The Bertz CT molecular complexity index is 1070. The molecule has 2 aromatic heterocycles. The molecule has 1 saturated heterocycles. The van der Waals surface area contributed by atoms with E-state index in [0.29, 0.717) is 12.3 Å². The molecule has 1 N–H and O–H groups in total. The highest BCUT2D eigenvalue weighted by Crippen LogP contribution is 2.34. The van der Waals surface area contributed by atoms with Crippen LogP contribution in [-0.4, -0.2) is 33.9 Å². The lowest BCUT2D eigenvalue weighted by atomic mass is 10.1. The van der Waals surface area contributed by atoms with Crippen LogP contribution in [0.3, 0.4) is 0 Å². The van der Waals surface area contributed by atoms with Crippen molar-refractivity contribution < 1.29 is 9.21 Å². The van der Waals surface area contributed by atoms with Crippen molar-refractivity contribution in [1.82, 2.24) is 20.2 Å². The van der Waals surface area contributed by atoms with Gasteiger partial charge in [-0.05, 0) is 38.8 Å². The molecule has 0 spiro atoms. The Morgan fingerprint density at radius 2 is 2.21 bits per heavy atom. The Balaban J connectivity index is 1.48. The number of nitrogens with zero attached hydrogens (tertiary/aromatic N) is 3. The van der Waals surface area contributed by atoms with Crippen LogP contribution in [0.15, 0.2) is 28.8 Å². The quantitative estimate of drug-likeness (QED) is 0.742. The van der Waals surface area contributed by atoms with Crippen molar-refractivity contribution in [2.75, 3.05) is 13.1 Å². The smallest absolute Gasteiger partial charge is 0.290 e. The number of furan rings is 1. The molecule has 144 valence electrons. The Morgan fingerprint density at radius 1 is 1.32 bits per heavy atom. The largest absolute Gasteiger partial charge is 0.451 e. The zero-order valence-electron chi connectivity index (χ0n) is 16.3. The summed E-state index contributed by atoms with van der Waals surface area (Å²) < 4.78 is 5.96. The highest BCUT2D eigenvalue weighted by Gasteiger charge is 2.35. The van der Waals surface area contributed by atoms with Gasteiger partial charge in [0.05, 0.1) is 6.04 Å². The SMILES string of the molecule is Cc1ccc2oc(C(=O)N3CCCC3c3ncc4c(n3)CCNC4)c(C)c2c1. The Morgan fingerprint density at radius 3 is 3.11 bits per heavy atom. The maximum Gasteiger partial charge on any atom is 0.290 e. The number of aromatic nitrogens is 2. The van der Waals surface area contributed by atoms with Crippen LogP contribution in [0.25, 0.3) is 11.0 Å². The van der Waals surface area contributed by atoms with Crippen LogP contribution >= 0.6 is 0 Å². The first-order chi connectivity index (χ1) is 13.6. The Kier molecular flexibility index (Phi) is 4.16.